The number of fused-ring (bicyclic) bond motifs is 1. The van der Waals surface area contributed by atoms with Gasteiger partial charge in [0.2, 0.25) is 0 Å². The maximum Gasteiger partial charge on any atom is 0.318 e. The third kappa shape index (κ3) is 2.08. The average Bonchev–Trinajstić information content (AvgIpc) is 3.21. The molecule has 4 nitrogen and oxygen atoms in total. The van der Waals surface area contributed by atoms with Crippen LogP contribution in [0.1, 0.15) is 30.0 Å². The van der Waals surface area contributed by atoms with Crippen molar-refractivity contribution in [3.05, 3.63) is 35.4 Å². The van der Waals surface area contributed by atoms with Gasteiger partial charge < -0.3 is 16.0 Å². The second-order valence-corrected chi connectivity index (χ2v) is 5.12. The fraction of sp³-hybridized carbons (Fsp3) is 0.500. The van der Waals surface area contributed by atoms with Crippen LogP contribution in [-0.2, 0) is 6.42 Å². The van der Waals surface area contributed by atoms with Gasteiger partial charge in [0.05, 0.1) is 6.04 Å². The Labute approximate surface area is 107 Å². The Kier molecular flexibility index (Phi) is 2.96. The molecule has 0 aromatic heterocycles. The van der Waals surface area contributed by atoms with E-state index in [9.17, 15) is 4.79 Å². The maximum absolute atomic E-state index is 12.2. The van der Waals surface area contributed by atoms with Crippen molar-refractivity contribution < 1.29 is 4.79 Å². The molecule has 1 aromatic rings. The number of nitrogens with zero attached hydrogens (tertiary/aromatic N) is 1. The molecule has 0 spiro atoms. The maximum atomic E-state index is 12.2. The molecule has 1 aliphatic carbocycles. The number of nitrogens with one attached hydrogen (secondary N) is 1. The predicted molar refractivity (Wildman–Crippen MR) is 70.2 cm³/mol. The van der Waals surface area contributed by atoms with Crippen molar-refractivity contribution in [2.45, 2.75) is 31.3 Å². The molecule has 0 radical (unpaired) electrons. The highest BCUT2D eigenvalue weighted by Gasteiger charge is 2.32. The zero-order valence-electron chi connectivity index (χ0n) is 10.4. The van der Waals surface area contributed by atoms with Crippen LogP contribution in [0, 0.1) is 0 Å². The molecule has 1 saturated carbocycles. The van der Waals surface area contributed by atoms with Crippen molar-refractivity contribution in [2.75, 3.05) is 13.1 Å². The van der Waals surface area contributed by atoms with Crippen LogP contribution in [0.4, 0.5) is 4.79 Å². The molecule has 3 N–H and O–H groups in total. The molecule has 1 heterocycles. The zero-order chi connectivity index (χ0) is 12.5. The topological polar surface area (TPSA) is 58.4 Å². The highest BCUT2D eigenvalue weighted by molar-refractivity contribution is 5.76. The number of nitrogens with two attached hydrogens (primary N) is 1. The lowest BCUT2D eigenvalue weighted by Gasteiger charge is -2.36. The largest absolute Gasteiger partial charge is 0.335 e. The Hall–Kier alpha value is -1.55. The summed E-state index contributed by atoms with van der Waals surface area (Å²) in [6.45, 7) is 1.24. The Morgan fingerprint density at radius 1 is 1.39 bits per heavy atom. The number of urea groups is 1. The van der Waals surface area contributed by atoms with E-state index in [0.29, 0.717) is 12.6 Å². The number of rotatable bonds is 2. The normalized spacial score (nSPS) is 22.5. The first-order chi connectivity index (χ1) is 8.79. The highest BCUT2D eigenvalue weighted by Crippen LogP contribution is 2.29. The van der Waals surface area contributed by atoms with E-state index in [1.54, 1.807) is 0 Å². The van der Waals surface area contributed by atoms with Crippen molar-refractivity contribution in [1.29, 1.82) is 0 Å². The third-order valence-electron chi connectivity index (χ3n) is 3.80. The first-order valence-electron chi connectivity index (χ1n) is 6.64. The van der Waals surface area contributed by atoms with E-state index in [4.69, 9.17) is 5.73 Å². The molecule has 1 aliphatic heterocycles. The SMILES string of the molecule is NCC1c2ccccc2CCN1C(=O)NC1CC1. The van der Waals surface area contributed by atoms with E-state index in [1.807, 2.05) is 17.0 Å². The van der Waals surface area contributed by atoms with Crippen molar-refractivity contribution in [1.82, 2.24) is 10.2 Å². The molecular formula is C14H19N3O. The summed E-state index contributed by atoms with van der Waals surface area (Å²) in [6.07, 6.45) is 3.15. The summed E-state index contributed by atoms with van der Waals surface area (Å²) in [5.41, 5.74) is 8.40. The monoisotopic (exact) mass is 245 g/mol. The zero-order valence-corrected chi connectivity index (χ0v) is 10.4. The van der Waals surface area contributed by atoms with Gasteiger partial charge >= 0.3 is 6.03 Å². The van der Waals surface area contributed by atoms with E-state index < -0.39 is 0 Å². The molecular weight excluding hydrogens is 226 g/mol. The Balaban J connectivity index is 1.82. The second kappa shape index (κ2) is 4.61. The lowest BCUT2D eigenvalue weighted by atomic mass is 9.93. The summed E-state index contributed by atoms with van der Waals surface area (Å²) in [5, 5.41) is 3.05. The quantitative estimate of drug-likeness (QED) is 0.828. The van der Waals surface area contributed by atoms with Crippen molar-refractivity contribution in [2.24, 2.45) is 5.73 Å². The molecule has 1 fully saturated rings. The lowest BCUT2D eigenvalue weighted by Crippen LogP contribution is -2.48. The summed E-state index contributed by atoms with van der Waals surface area (Å²) in [4.78, 5) is 14.1. The molecule has 3 rings (SSSR count). The highest BCUT2D eigenvalue weighted by atomic mass is 16.2. The second-order valence-electron chi connectivity index (χ2n) is 5.12. The van der Waals surface area contributed by atoms with E-state index in [1.165, 1.54) is 11.1 Å². The van der Waals surface area contributed by atoms with Gasteiger partial charge in [-0.25, -0.2) is 4.79 Å². The minimum atomic E-state index is 0.0219. The number of hydrogen-bond donors (Lipinski definition) is 2. The van der Waals surface area contributed by atoms with E-state index in [2.05, 4.69) is 17.4 Å². The van der Waals surface area contributed by atoms with Gasteiger partial charge in [-0.2, -0.15) is 0 Å². The summed E-state index contributed by atoms with van der Waals surface area (Å²) in [6, 6.07) is 8.75. The van der Waals surface area contributed by atoms with Crippen LogP contribution in [0.5, 0.6) is 0 Å². The van der Waals surface area contributed by atoms with Crippen molar-refractivity contribution in [3.8, 4) is 0 Å². The van der Waals surface area contributed by atoms with Gasteiger partial charge in [-0.05, 0) is 30.4 Å². The van der Waals surface area contributed by atoms with Gasteiger partial charge in [-0.3, -0.25) is 0 Å². The van der Waals surface area contributed by atoms with E-state index in [-0.39, 0.29) is 12.1 Å². The Bertz CT molecular complexity index is 456. The lowest BCUT2D eigenvalue weighted by molar-refractivity contribution is 0.171. The number of carbonyl (C=O) groups excluding carboxylic acids is 1. The van der Waals surface area contributed by atoms with Gasteiger partial charge in [0.15, 0.2) is 0 Å². The third-order valence-corrected chi connectivity index (χ3v) is 3.80. The minimum absolute atomic E-state index is 0.0219. The van der Waals surface area contributed by atoms with Crippen LogP contribution in [0.2, 0.25) is 0 Å². The Morgan fingerprint density at radius 3 is 2.89 bits per heavy atom. The number of hydrogen-bond acceptors (Lipinski definition) is 2. The summed E-state index contributed by atoms with van der Waals surface area (Å²) >= 11 is 0. The van der Waals surface area contributed by atoms with Gasteiger partial charge in [0.25, 0.3) is 0 Å². The molecule has 18 heavy (non-hydrogen) atoms. The molecule has 4 heteroatoms. The number of benzene rings is 1. The molecule has 2 aliphatic rings. The fourth-order valence-corrected chi connectivity index (χ4v) is 2.63. The first kappa shape index (κ1) is 11.5. The molecule has 96 valence electrons. The standard InChI is InChI=1S/C14H19N3O/c15-9-13-12-4-2-1-3-10(12)7-8-17(13)14(18)16-11-5-6-11/h1-4,11,13H,5-9,15H2,(H,16,18). The number of amides is 2. The van der Waals surface area contributed by atoms with Gasteiger partial charge in [-0.1, -0.05) is 24.3 Å². The summed E-state index contributed by atoms with van der Waals surface area (Å²) in [7, 11) is 0. The van der Waals surface area contributed by atoms with Crippen molar-refractivity contribution >= 4 is 6.03 Å². The molecule has 1 atom stereocenters. The van der Waals surface area contributed by atoms with Crippen LogP contribution >= 0.6 is 0 Å². The smallest absolute Gasteiger partial charge is 0.318 e. The minimum Gasteiger partial charge on any atom is -0.335 e. The summed E-state index contributed by atoms with van der Waals surface area (Å²) < 4.78 is 0. The summed E-state index contributed by atoms with van der Waals surface area (Å²) in [5.74, 6) is 0. The molecule has 1 unspecified atom stereocenters. The fourth-order valence-electron chi connectivity index (χ4n) is 2.63. The average molecular weight is 245 g/mol. The van der Waals surface area contributed by atoms with Crippen LogP contribution < -0.4 is 11.1 Å². The molecule has 0 saturated heterocycles. The van der Waals surface area contributed by atoms with Crippen LogP contribution in [0.3, 0.4) is 0 Å². The van der Waals surface area contributed by atoms with Gasteiger partial charge in [0, 0.05) is 19.1 Å². The molecule has 2 amide bonds. The predicted octanol–water partition coefficient (Wildman–Crippen LogP) is 1.42. The van der Waals surface area contributed by atoms with Gasteiger partial charge in [-0.15, -0.1) is 0 Å². The molecule has 1 aromatic carbocycles. The number of carbonyl (C=O) groups is 1. The Morgan fingerprint density at radius 2 is 2.17 bits per heavy atom. The van der Waals surface area contributed by atoms with E-state index in [0.717, 1.165) is 25.8 Å². The van der Waals surface area contributed by atoms with Crippen LogP contribution in [-0.4, -0.2) is 30.1 Å². The van der Waals surface area contributed by atoms with Gasteiger partial charge in [0.1, 0.15) is 0 Å². The first-order valence-corrected chi connectivity index (χ1v) is 6.64. The molecule has 0 bridgehead atoms. The van der Waals surface area contributed by atoms with Crippen LogP contribution in [0.25, 0.3) is 0 Å². The van der Waals surface area contributed by atoms with Crippen LogP contribution in [0.15, 0.2) is 24.3 Å². The van der Waals surface area contributed by atoms with E-state index >= 15 is 0 Å². The van der Waals surface area contributed by atoms with Crippen molar-refractivity contribution in [3.63, 3.8) is 0 Å².